The highest BCUT2D eigenvalue weighted by Gasteiger charge is 2.34. The van der Waals surface area contributed by atoms with E-state index < -0.39 is 0 Å². The fraction of sp³-hybridized carbons (Fsp3) is 0.524. The summed E-state index contributed by atoms with van der Waals surface area (Å²) in [5.41, 5.74) is 6.18. The van der Waals surface area contributed by atoms with Crippen LogP contribution in [0.2, 0.25) is 0 Å². The van der Waals surface area contributed by atoms with Crippen LogP contribution < -0.4 is 16.2 Å². The molecule has 1 aliphatic heterocycles. The lowest BCUT2D eigenvalue weighted by molar-refractivity contribution is -0.121. The molecule has 7 nitrogen and oxygen atoms in total. The van der Waals surface area contributed by atoms with Gasteiger partial charge in [0.15, 0.2) is 5.11 Å². The first-order valence-electron chi connectivity index (χ1n) is 10.2. The average molecular weight is 417 g/mol. The van der Waals surface area contributed by atoms with Gasteiger partial charge in [0.25, 0.3) is 11.8 Å². The zero-order valence-electron chi connectivity index (χ0n) is 16.9. The summed E-state index contributed by atoms with van der Waals surface area (Å²) in [6.07, 6.45) is 4.05. The normalized spacial score (nSPS) is 23.5. The number of benzene rings is 1. The summed E-state index contributed by atoms with van der Waals surface area (Å²) in [6, 6.07) is 7.07. The summed E-state index contributed by atoms with van der Waals surface area (Å²) in [5, 5.41) is 3.69. The molecule has 0 aromatic heterocycles. The highest BCUT2D eigenvalue weighted by atomic mass is 32.1. The van der Waals surface area contributed by atoms with Crippen molar-refractivity contribution in [2.75, 3.05) is 6.54 Å². The maximum absolute atomic E-state index is 12.3. The first-order valence-corrected chi connectivity index (χ1v) is 10.6. The second kappa shape index (κ2) is 9.35. The van der Waals surface area contributed by atoms with Crippen LogP contribution in [-0.2, 0) is 4.79 Å². The molecule has 3 N–H and O–H groups in total. The molecule has 3 rings (SSSR count). The molecule has 0 radical (unpaired) electrons. The van der Waals surface area contributed by atoms with Crippen LogP contribution in [0.4, 0.5) is 0 Å². The number of nitrogens with zero attached hydrogens (tertiary/aromatic N) is 1. The van der Waals surface area contributed by atoms with Crippen LogP contribution in [-0.4, -0.2) is 40.3 Å². The lowest BCUT2D eigenvalue weighted by Crippen LogP contribution is -2.52. The summed E-state index contributed by atoms with van der Waals surface area (Å²) in [7, 11) is 0. The van der Waals surface area contributed by atoms with Crippen molar-refractivity contribution in [1.82, 2.24) is 21.1 Å². The van der Waals surface area contributed by atoms with Gasteiger partial charge in [-0.25, -0.2) is 0 Å². The molecule has 0 spiro atoms. The number of hydrazine groups is 1. The van der Waals surface area contributed by atoms with Crippen LogP contribution in [0, 0.1) is 11.8 Å². The van der Waals surface area contributed by atoms with Gasteiger partial charge in [0, 0.05) is 19.0 Å². The minimum absolute atomic E-state index is 0.180. The van der Waals surface area contributed by atoms with E-state index in [0.717, 1.165) is 6.42 Å². The van der Waals surface area contributed by atoms with Crippen LogP contribution in [0.5, 0.6) is 0 Å². The Morgan fingerprint density at radius 1 is 1.10 bits per heavy atom. The van der Waals surface area contributed by atoms with Crippen LogP contribution in [0.25, 0.3) is 0 Å². The van der Waals surface area contributed by atoms with Crippen molar-refractivity contribution in [3.8, 4) is 0 Å². The summed E-state index contributed by atoms with van der Waals surface area (Å²) in [6.45, 7) is 4.69. The number of hydrogen-bond acceptors (Lipinski definition) is 4. The number of fused-ring (bicyclic) bond motifs is 1. The lowest BCUT2D eigenvalue weighted by Gasteiger charge is -2.35. The van der Waals surface area contributed by atoms with E-state index in [1.54, 1.807) is 24.3 Å². The molecular weight excluding hydrogens is 388 g/mol. The summed E-state index contributed by atoms with van der Waals surface area (Å²) < 4.78 is 0. The van der Waals surface area contributed by atoms with Crippen molar-refractivity contribution in [3.05, 3.63) is 35.4 Å². The maximum atomic E-state index is 12.3. The van der Waals surface area contributed by atoms with Gasteiger partial charge in [-0.05, 0) is 49.0 Å². The van der Waals surface area contributed by atoms with E-state index in [1.165, 1.54) is 17.7 Å². The molecule has 1 heterocycles. The number of hydrogen-bond donors (Lipinski definition) is 3. The standard InChI is InChI=1S/C21H28N4O3S/c1-13-7-5-10-17(14(13)2)22-21(29)24-23-18(26)11-6-12-25-19(27)15-8-3-4-9-16(15)20(25)28/h3-4,8-9,13-14,17H,5-7,10-12H2,1-2H3,(H,23,26)(H2,22,24,29)/t13-,14-,17+/m1/s1. The largest absolute Gasteiger partial charge is 0.358 e. The van der Waals surface area contributed by atoms with Crippen molar-refractivity contribution in [2.45, 2.75) is 52.0 Å². The number of amides is 3. The van der Waals surface area contributed by atoms with Crippen molar-refractivity contribution in [1.29, 1.82) is 0 Å². The van der Waals surface area contributed by atoms with Gasteiger partial charge in [0.2, 0.25) is 5.91 Å². The molecule has 1 aromatic rings. The maximum Gasteiger partial charge on any atom is 0.261 e. The molecule has 0 saturated heterocycles. The molecule has 1 aliphatic carbocycles. The van der Waals surface area contributed by atoms with Crippen molar-refractivity contribution in [2.24, 2.45) is 11.8 Å². The zero-order chi connectivity index (χ0) is 21.0. The minimum atomic E-state index is -0.301. The van der Waals surface area contributed by atoms with Gasteiger partial charge in [0.05, 0.1) is 11.1 Å². The first kappa shape index (κ1) is 21.2. The number of imide groups is 1. The summed E-state index contributed by atoms with van der Waals surface area (Å²) in [4.78, 5) is 37.9. The molecule has 0 bridgehead atoms. The topological polar surface area (TPSA) is 90.5 Å². The minimum Gasteiger partial charge on any atom is -0.358 e. The number of thiocarbonyl (C=S) groups is 1. The summed E-state index contributed by atoms with van der Waals surface area (Å²) >= 11 is 5.28. The van der Waals surface area contributed by atoms with Gasteiger partial charge in [0.1, 0.15) is 0 Å². The predicted octanol–water partition coefficient (Wildman–Crippen LogP) is 2.38. The van der Waals surface area contributed by atoms with E-state index >= 15 is 0 Å². The van der Waals surface area contributed by atoms with Gasteiger partial charge >= 0.3 is 0 Å². The first-order chi connectivity index (χ1) is 13.9. The van der Waals surface area contributed by atoms with E-state index in [9.17, 15) is 14.4 Å². The highest BCUT2D eigenvalue weighted by molar-refractivity contribution is 7.80. The van der Waals surface area contributed by atoms with Crippen LogP contribution in [0.3, 0.4) is 0 Å². The molecule has 3 atom stereocenters. The predicted molar refractivity (Wildman–Crippen MR) is 114 cm³/mol. The third-order valence-electron chi connectivity index (χ3n) is 6.00. The number of carbonyl (C=O) groups excluding carboxylic acids is 3. The molecule has 1 aromatic carbocycles. The lowest BCUT2D eigenvalue weighted by atomic mass is 9.78. The third kappa shape index (κ3) is 4.93. The molecule has 2 aliphatic rings. The molecule has 1 fully saturated rings. The Kier molecular flexibility index (Phi) is 6.84. The second-order valence-corrected chi connectivity index (χ2v) is 8.34. The van der Waals surface area contributed by atoms with Gasteiger partial charge in [-0.1, -0.05) is 38.8 Å². The second-order valence-electron chi connectivity index (χ2n) is 7.93. The Morgan fingerprint density at radius 2 is 1.76 bits per heavy atom. The number of nitrogens with one attached hydrogen (secondary N) is 3. The molecular formula is C21H28N4O3S. The number of carbonyl (C=O) groups is 3. The molecule has 1 saturated carbocycles. The van der Waals surface area contributed by atoms with Gasteiger partial charge < -0.3 is 5.32 Å². The van der Waals surface area contributed by atoms with Crippen LogP contribution >= 0.6 is 12.2 Å². The fourth-order valence-corrected chi connectivity index (χ4v) is 4.22. The van der Waals surface area contributed by atoms with E-state index in [4.69, 9.17) is 12.2 Å². The molecule has 29 heavy (non-hydrogen) atoms. The molecule has 0 unspecified atom stereocenters. The van der Waals surface area contributed by atoms with Crippen molar-refractivity contribution >= 4 is 35.1 Å². The number of rotatable bonds is 5. The van der Waals surface area contributed by atoms with Crippen LogP contribution in [0.1, 0.15) is 66.7 Å². The Morgan fingerprint density at radius 3 is 2.41 bits per heavy atom. The fourth-order valence-electron chi connectivity index (χ4n) is 4.02. The Balaban J connectivity index is 1.37. The van der Waals surface area contributed by atoms with Crippen molar-refractivity contribution in [3.63, 3.8) is 0 Å². The quantitative estimate of drug-likeness (QED) is 0.388. The van der Waals surface area contributed by atoms with E-state index in [-0.39, 0.29) is 30.7 Å². The molecule has 3 amide bonds. The smallest absolute Gasteiger partial charge is 0.261 e. The summed E-state index contributed by atoms with van der Waals surface area (Å²) in [5.74, 6) is 0.339. The van der Waals surface area contributed by atoms with Crippen LogP contribution in [0.15, 0.2) is 24.3 Å². The monoisotopic (exact) mass is 416 g/mol. The third-order valence-corrected chi connectivity index (χ3v) is 6.22. The molecule has 156 valence electrons. The Bertz CT molecular complexity index is 778. The van der Waals surface area contributed by atoms with Gasteiger partial charge in [-0.2, -0.15) is 0 Å². The van der Waals surface area contributed by atoms with Gasteiger partial charge in [-0.15, -0.1) is 0 Å². The average Bonchev–Trinajstić information content (AvgIpc) is 2.95. The Hall–Kier alpha value is -2.48. The van der Waals surface area contributed by atoms with E-state index in [0.29, 0.717) is 40.5 Å². The Labute approximate surface area is 176 Å². The zero-order valence-corrected chi connectivity index (χ0v) is 17.7. The van der Waals surface area contributed by atoms with Crippen molar-refractivity contribution < 1.29 is 14.4 Å². The van der Waals surface area contributed by atoms with Gasteiger partial charge in [-0.3, -0.25) is 30.1 Å². The van der Waals surface area contributed by atoms with E-state index in [2.05, 4.69) is 30.0 Å². The highest BCUT2D eigenvalue weighted by Crippen LogP contribution is 2.29. The molecule has 8 heteroatoms. The van der Waals surface area contributed by atoms with E-state index in [1.807, 2.05) is 0 Å². The SMILES string of the molecule is C[C@@H]1[C@H](C)CCC[C@@H]1NC(=S)NNC(=O)CCCN1C(=O)c2ccccc2C1=O.